The first-order chi connectivity index (χ1) is 9.95. The van der Waals surface area contributed by atoms with Crippen molar-refractivity contribution in [3.8, 4) is 0 Å². The van der Waals surface area contributed by atoms with E-state index in [0.717, 1.165) is 0 Å². The lowest BCUT2D eigenvalue weighted by atomic mass is 9.75. The van der Waals surface area contributed by atoms with Crippen LogP contribution in [0, 0.1) is 0 Å². The Balaban J connectivity index is 3.63. The highest BCUT2D eigenvalue weighted by atomic mass is 31.1. The molecule has 1 aromatic carbocycles. The zero-order valence-electron chi connectivity index (χ0n) is 17.7. The third-order valence-electron chi connectivity index (χ3n) is 4.22. The summed E-state index contributed by atoms with van der Waals surface area (Å²) in [6.45, 7) is 28.4. The largest absolute Gasteiger partial charge is 0.0643 e. The Morgan fingerprint density at radius 1 is 0.565 bits per heavy atom. The van der Waals surface area contributed by atoms with Gasteiger partial charge in [0, 0.05) is 0 Å². The van der Waals surface area contributed by atoms with E-state index in [1.807, 2.05) is 0 Å². The van der Waals surface area contributed by atoms with Gasteiger partial charge in [-0.1, -0.05) is 109 Å². The van der Waals surface area contributed by atoms with Gasteiger partial charge in [0.25, 0.3) is 0 Å². The van der Waals surface area contributed by atoms with Crippen molar-refractivity contribution >= 4 is 13.2 Å². The molecule has 0 saturated heterocycles. The molecule has 23 heavy (non-hydrogen) atoms. The first kappa shape index (κ1) is 20.7. The van der Waals surface area contributed by atoms with Crippen LogP contribution in [0.1, 0.15) is 94.2 Å². The fourth-order valence-electron chi connectivity index (χ4n) is 3.73. The second kappa shape index (κ2) is 6.18. The quantitative estimate of drug-likeness (QED) is 0.486. The predicted molar refractivity (Wildman–Crippen MR) is 110 cm³/mol. The Morgan fingerprint density at radius 2 is 0.957 bits per heavy atom. The summed E-state index contributed by atoms with van der Waals surface area (Å²) in [5.41, 5.74) is 3.37. The first-order valence-electron chi connectivity index (χ1n) is 8.91. The van der Waals surface area contributed by atoms with Crippen LogP contribution in [0.4, 0.5) is 0 Å². The zero-order valence-corrected chi connectivity index (χ0v) is 18.6. The summed E-state index contributed by atoms with van der Waals surface area (Å²) in [5, 5.41) is 2.18. The van der Waals surface area contributed by atoms with Crippen molar-refractivity contribution in [1.29, 1.82) is 0 Å². The van der Waals surface area contributed by atoms with Crippen molar-refractivity contribution in [2.24, 2.45) is 0 Å². The Labute approximate surface area is 147 Å². The van der Waals surface area contributed by atoms with Gasteiger partial charge in [-0.15, -0.1) is 0 Å². The van der Waals surface area contributed by atoms with E-state index in [-0.39, 0.29) is 18.8 Å². The fourth-order valence-corrected chi connectivity index (χ4v) is 7.77. The molecule has 0 aliphatic rings. The predicted octanol–water partition coefficient (Wildman–Crippen LogP) is 6.99. The lowest BCUT2D eigenvalue weighted by molar-refractivity contribution is 0.530. The molecular formula is C22H39P. The summed E-state index contributed by atoms with van der Waals surface area (Å²) in [7, 11) is -0.249. The molecule has 0 radical (unpaired) electrons. The Bertz CT molecular complexity index is 525. The zero-order chi connectivity index (χ0) is 18.4. The molecule has 0 amide bonds. The third kappa shape index (κ3) is 5.06. The summed E-state index contributed by atoms with van der Waals surface area (Å²) in [4.78, 5) is 0. The number of rotatable bonds is 1. The van der Waals surface area contributed by atoms with Crippen LogP contribution >= 0.6 is 7.92 Å². The van der Waals surface area contributed by atoms with Gasteiger partial charge in [0.05, 0.1) is 0 Å². The Kier molecular flexibility index (Phi) is 5.56. The fraction of sp³-hybridized carbons (Fsp3) is 0.727. The second-order valence-electron chi connectivity index (χ2n) is 10.9. The minimum Gasteiger partial charge on any atom is -0.0643 e. The SMILES string of the molecule is CC(C)(C)c1ccc(P(C(C)(C)C)C(C)(C)C)cc1C(C)(C)C. The van der Waals surface area contributed by atoms with Crippen molar-refractivity contribution in [2.45, 2.75) is 104 Å². The van der Waals surface area contributed by atoms with Crippen LogP contribution in [0.3, 0.4) is 0 Å². The molecule has 0 aliphatic carbocycles. The second-order valence-corrected chi connectivity index (χ2v) is 14.8. The van der Waals surface area contributed by atoms with Gasteiger partial charge in [-0.3, -0.25) is 0 Å². The molecule has 1 heteroatoms. The summed E-state index contributed by atoms with van der Waals surface area (Å²) in [6, 6.07) is 7.35. The molecule has 0 N–H and O–H groups in total. The van der Waals surface area contributed by atoms with Gasteiger partial charge < -0.3 is 0 Å². The van der Waals surface area contributed by atoms with E-state index in [1.54, 1.807) is 5.30 Å². The van der Waals surface area contributed by atoms with E-state index in [2.05, 4.69) is 101 Å². The minimum atomic E-state index is -0.249. The highest BCUT2D eigenvalue weighted by Gasteiger charge is 2.36. The molecular weight excluding hydrogens is 295 g/mol. The van der Waals surface area contributed by atoms with Crippen LogP contribution in [0.2, 0.25) is 0 Å². The Morgan fingerprint density at radius 3 is 1.26 bits per heavy atom. The smallest absolute Gasteiger partial charge is 0.0129 e. The van der Waals surface area contributed by atoms with Gasteiger partial charge in [-0.2, -0.15) is 0 Å². The molecule has 0 spiro atoms. The standard InChI is InChI=1S/C22H39P/c1-19(2,3)17-14-13-16(15-18(17)20(4,5)6)23(21(7,8)9)22(10,11)12/h13-15H,1-12H3. The summed E-state index contributed by atoms with van der Waals surface area (Å²) >= 11 is 0. The van der Waals surface area contributed by atoms with Crippen LogP contribution < -0.4 is 5.30 Å². The van der Waals surface area contributed by atoms with Gasteiger partial charge in [0.15, 0.2) is 0 Å². The normalized spacial score (nSPS) is 14.5. The van der Waals surface area contributed by atoms with Crippen molar-refractivity contribution in [3.05, 3.63) is 29.3 Å². The highest BCUT2D eigenvalue weighted by Crippen LogP contribution is 2.58. The first-order valence-corrected chi connectivity index (χ1v) is 10.3. The average molecular weight is 335 g/mol. The molecule has 0 nitrogen and oxygen atoms in total. The topological polar surface area (TPSA) is 0 Å². The van der Waals surface area contributed by atoms with E-state index in [1.165, 1.54) is 11.1 Å². The van der Waals surface area contributed by atoms with Crippen molar-refractivity contribution in [3.63, 3.8) is 0 Å². The Hall–Kier alpha value is -0.350. The monoisotopic (exact) mass is 334 g/mol. The van der Waals surface area contributed by atoms with Crippen molar-refractivity contribution in [2.75, 3.05) is 0 Å². The van der Waals surface area contributed by atoms with Crippen LogP contribution in [0.15, 0.2) is 18.2 Å². The molecule has 132 valence electrons. The molecule has 0 heterocycles. The van der Waals surface area contributed by atoms with Gasteiger partial charge in [0.2, 0.25) is 0 Å². The molecule has 1 aromatic rings. The lowest BCUT2D eigenvalue weighted by Crippen LogP contribution is -2.32. The van der Waals surface area contributed by atoms with Gasteiger partial charge in [0.1, 0.15) is 0 Å². The number of hydrogen-bond donors (Lipinski definition) is 0. The highest BCUT2D eigenvalue weighted by molar-refractivity contribution is 7.68. The van der Waals surface area contributed by atoms with E-state index in [0.29, 0.717) is 10.3 Å². The average Bonchev–Trinajstić information content (AvgIpc) is 2.21. The van der Waals surface area contributed by atoms with Crippen molar-refractivity contribution in [1.82, 2.24) is 0 Å². The maximum atomic E-state index is 2.53. The van der Waals surface area contributed by atoms with Crippen molar-refractivity contribution < 1.29 is 0 Å². The molecule has 0 fully saturated rings. The van der Waals surface area contributed by atoms with Crippen LogP contribution in [-0.2, 0) is 10.8 Å². The maximum Gasteiger partial charge on any atom is -0.0129 e. The molecule has 0 unspecified atom stereocenters. The molecule has 0 bridgehead atoms. The maximum absolute atomic E-state index is 2.53. The van der Waals surface area contributed by atoms with E-state index in [9.17, 15) is 0 Å². The number of hydrogen-bond acceptors (Lipinski definition) is 0. The molecule has 0 aliphatic heterocycles. The summed E-state index contributed by atoms with van der Waals surface area (Å²) < 4.78 is 0. The van der Waals surface area contributed by atoms with Crippen LogP contribution in [0.25, 0.3) is 0 Å². The van der Waals surface area contributed by atoms with Crippen LogP contribution in [0.5, 0.6) is 0 Å². The summed E-state index contributed by atoms with van der Waals surface area (Å²) in [5.74, 6) is 0. The summed E-state index contributed by atoms with van der Waals surface area (Å²) in [6.07, 6.45) is 0. The molecule has 0 atom stereocenters. The van der Waals surface area contributed by atoms with Gasteiger partial charge in [-0.05, 0) is 37.6 Å². The van der Waals surface area contributed by atoms with Gasteiger partial charge >= 0.3 is 0 Å². The lowest BCUT2D eigenvalue weighted by Gasteiger charge is -2.43. The van der Waals surface area contributed by atoms with E-state index >= 15 is 0 Å². The van der Waals surface area contributed by atoms with E-state index < -0.39 is 0 Å². The third-order valence-corrected chi connectivity index (χ3v) is 7.70. The van der Waals surface area contributed by atoms with Gasteiger partial charge in [-0.25, -0.2) is 0 Å². The van der Waals surface area contributed by atoms with Crippen LogP contribution in [-0.4, -0.2) is 10.3 Å². The number of benzene rings is 1. The molecule has 1 rings (SSSR count). The molecule has 0 aromatic heterocycles. The minimum absolute atomic E-state index is 0.176. The molecule has 0 saturated carbocycles. The van der Waals surface area contributed by atoms with E-state index in [4.69, 9.17) is 0 Å².